The van der Waals surface area contributed by atoms with Gasteiger partial charge in [-0.2, -0.15) is 11.8 Å². The van der Waals surface area contributed by atoms with Crippen LogP contribution in [-0.2, 0) is 6.54 Å². The van der Waals surface area contributed by atoms with Crippen molar-refractivity contribution in [2.45, 2.75) is 31.1 Å². The van der Waals surface area contributed by atoms with Gasteiger partial charge in [0.05, 0.1) is 5.52 Å². The zero-order valence-electron chi connectivity index (χ0n) is 11.1. The predicted octanol–water partition coefficient (Wildman–Crippen LogP) is 3.61. The van der Waals surface area contributed by atoms with Gasteiger partial charge in [0, 0.05) is 29.9 Å². The number of nitrogens with zero attached hydrogens (tertiary/aromatic N) is 1. The van der Waals surface area contributed by atoms with Gasteiger partial charge in [-0.15, -0.1) is 0 Å². The first kappa shape index (κ1) is 12.9. The Morgan fingerprint density at radius 3 is 3.05 bits per heavy atom. The fourth-order valence-electron chi connectivity index (χ4n) is 2.65. The minimum atomic E-state index is 0.807. The van der Waals surface area contributed by atoms with Crippen molar-refractivity contribution >= 4 is 22.7 Å². The number of benzene rings is 1. The summed E-state index contributed by atoms with van der Waals surface area (Å²) in [6, 6.07) is 10.5. The number of aromatic nitrogens is 1. The Morgan fingerprint density at radius 2 is 2.16 bits per heavy atom. The molecular formula is C16H20N2S. The largest absolute Gasteiger partial charge is 0.312 e. The van der Waals surface area contributed by atoms with Gasteiger partial charge in [0.2, 0.25) is 0 Å². The number of nitrogens with one attached hydrogen (secondary N) is 1. The fraction of sp³-hybridized carbons (Fsp3) is 0.438. The van der Waals surface area contributed by atoms with Gasteiger partial charge in [-0.3, -0.25) is 4.98 Å². The number of pyridine rings is 1. The van der Waals surface area contributed by atoms with Gasteiger partial charge in [0.15, 0.2) is 0 Å². The lowest BCUT2D eigenvalue weighted by Gasteiger charge is -2.21. The van der Waals surface area contributed by atoms with E-state index in [0.717, 1.165) is 23.9 Å². The van der Waals surface area contributed by atoms with E-state index in [0.29, 0.717) is 0 Å². The van der Waals surface area contributed by atoms with E-state index in [4.69, 9.17) is 0 Å². The minimum Gasteiger partial charge on any atom is -0.312 e. The summed E-state index contributed by atoms with van der Waals surface area (Å²) in [4.78, 5) is 4.41. The van der Waals surface area contributed by atoms with Crippen molar-refractivity contribution in [1.82, 2.24) is 10.3 Å². The Balaban J connectivity index is 1.62. The van der Waals surface area contributed by atoms with Gasteiger partial charge in [-0.25, -0.2) is 0 Å². The van der Waals surface area contributed by atoms with E-state index >= 15 is 0 Å². The predicted molar refractivity (Wildman–Crippen MR) is 83.5 cm³/mol. The molecule has 3 rings (SSSR count). The van der Waals surface area contributed by atoms with Gasteiger partial charge in [-0.05, 0) is 36.3 Å². The average Bonchev–Trinajstić information content (AvgIpc) is 2.49. The average molecular weight is 272 g/mol. The summed E-state index contributed by atoms with van der Waals surface area (Å²) in [5.74, 6) is 1.34. The molecule has 1 saturated heterocycles. The van der Waals surface area contributed by atoms with Crippen molar-refractivity contribution in [2.24, 2.45) is 0 Å². The summed E-state index contributed by atoms with van der Waals surface area (Å²) >= 11 is 2.13. The van der Waals surface area contributed by atoms with Crippen LogP contribution in [-0.4, -0.2) is 22.5 Å². The SMILES string of the molecule is c1ccc2c(CNCC3CCCCS3)ccnc2c1. The molecule has 2 aromatic rings. The smallest absolute Gasteiger partial charge is 0.0705 e. The highest BCUT2D eigenvalue weighted by atomic mass is 32.2. The second-order valence-electron chi connectivity index (χ2n) is 5.11. The summed E-state index contributed by atoms with van der Waals surface area (Å²) < 4.78 is 0. The first-order chi connectivity index (χ1) is 9.43. The highest BCUT2D eigenvalue weighted by Gasteiger charge is 2.13. The first-order valence-electron chi connectivity index (χ1n) is 7.08. The Hall–Kier alpha value is -1.06. The number of para-hydroxylation sites is 1. The number of hydrogen-bond acceptors (Lipinski definition) is 3. The topological polar surface area (TPSA) is 24.9 Å². The Bertz CT molecular complexity index is 530. The maximum Gasteiger partial charge on any atom is 0.0705 e. The molecule has 1 aromatic carbocycles. The zero-order chi connectivity index (χ0) is 12.9. The van der Waals surface area contributed by atoms with Crippen molar-refractivity contribution in [1.29, 1.82) is 0 Å². The number of thioether (sulfide) groups is 1. The summed E-state index contributed by atoms with van der Waals surface area (Å²) in [5.41, 5.74) is 2.44. The van der Waals surface area contributed by atoms with Gasteiger partial charge in [0.25, 0.3) is 0 Å². The molecule has 3 heteroatoms. The summed E-state index contributed by atoms with van der Waals surface area (Å²) in [6.07, 6.45) is 6.08. The van der Waals surface area contributed by atoms with Gasteiger partial charge >= 0.3 is 0 Å². The molecule has 0 bridgehead atoms. The second-order valence-corrected chi connectivity index (χ2v) is 6.51. The van der Waals surface area contributed by atoms with E-state index in [1.807, 2.05) is 12.3 Å². The van der Waals surface area contributed by atoms with Crippen LogP contribution in [0.2, 0.25) is 0 Å². The lowest BCUT2D eigenvalue weighted by Crippen LogP contribution is -2.26. The van der Waals surface area contributed by atoms with E-state index in [-0.39, 0.29) is 0 Å². The Kier molecular flexibility index (Phi) is 4.36. The highest BCUT2D eigenvalue weighted by molar-refractivity contribution is 7.99. The molecule has 0 spiro atoms. The molecule has 1 aliphatic rings. The monoisotopic (exact) mass is 272 g/mol. The number of hydrogen-bond donors (Lipinski definition) is 1. The van der Waals surface area contributed by atoms with E-state index < -0.39 is 0 Å². The Labute approximate surface area is 119 Å². The maximum atomic E-state index is 4.41. The van der Waals surface area contributed by atoms with E-state index in [2.05, 4.69) is 46.3 Å². The summed E-state index contributed by atoms with van der Waals surface area (Å²) in [7, 11) is 0. The molecule has 0 aliphatic carbocycles. The molecule has 2 nitrogen and oxygen atoms in total. The molecule has 100 valence electrons. The molecule has 1 aromatic heterocycles. The normalized spacial score (nSPS) is 19.7. The van der Waals surface area contributed by atoms with Gasteiger partial charge in [0.1, 0.15) is 0 Å². The molecule has 19 heavy (non-hydrogen) atoms. The van der Waals surface area contributed by atoms with Crippen LogP contribution in [0.5, 0.6) is 0 Å². The molecule has 0 radical (unpaired) electrons. The molecule has 1 atom stereocenters. The highest BCUT2D eigenvalue weighted by Crippen LogP contribution is 2.24. The molecule has 1 N–H and O–H groups in total. The summed E-state index contributed by atoms with van der Waals surface area (Å²) in [5, 5.41) is 5.69. The molecule has 0 amide bonds. The summed E-state index contributed by atoms with van der Waals surface area (Å²) in [6.45, 7) is 2.07. The van der Waals surface area contributed by atoms with Crippen molar-refractivity contribution < 1.29 is 0 Å². The van der Waals surface area contributed by atoms with E-state index in [1.165, 1.54) is 36.0 Å². The fourth-order valence-corrected chi connectivity index (χ4v) is 3.92. The van der Waals surface area contributed by atoms with Crippen LogP contribution >= 0.6 is 11.8 Å². The maximum absolute atomic E-state index is 4.41. The standard InChI is InChI=1S/C16H20N2S/c1-2-7-16-15(6-1)13(8-9-18-16)11-17-12-14-5-3-4-10-19-14/h1-2,6-9,14,17H,3-5,10-12H2. The molecule has 1 fully saturated rings. The van der Waals surface area contributed by atoms with Crippen LogP contribution in [0.3, 0.4) is 0 Å². The lowest BCUT2D eigenvalue weighted by atomic mass is 10.1. The molecule has 1 aliphatic heterocycles. The van der Waals surface area contributed by atoms with Crippen LogP contribution < -0.4 is 5.32 Å². The van der Waals surface area contributed by atoms with E-state index in [9.17, 15) is 0 Å². The molecule has 1 unspecified atom stereocenters. The van der Waals surface area contributed by atoms with Crippen molar-refractivity contribution in [3.63, 3.8) is 0 Å². The first-order valence-corrected chi connectivity index (χ1v) is 8.13. The van der Waals surface area contributed by atoms with E-state index in [1.54, 1.807) is 0 Å². The minimum absolute atomic E-state index is 0.807. The lowest BCUT2D eigenvalue weighted by molar-refractivity contribution is 0.599. The van der Waals surface area contributed by atoms with Gasteiger partial charge < -0.3 is 5.32 Å². The van der Waals surface area contributed by atoms with Crippen LogP contribution in [0.25, 0.3) is 10.9 Å². The van der Waals surface area contributed by atoms with Crippen LogP contribution in [0.15, 0.2) is 36.5 Å². The number of fused-ring (bicyclic) bond motifs is 1. The third-order valence-electron chi connectivity index (χ3n) is 3.70. The third-order valence-corrected chi connectivity index (χ3v) is 5.10. The molecule has 0 saturated carbocycles. The second kappa shape index (κ2) is 6.40. The Morgan fingerprint density at radius 1 is 1.21 bits per heavy atom. The third kappa shape index (κ3) is 3.28. The van der Waals surface area contributed by atoms with Crippen LogP contribution in [0.4, 0.5) is 0 Å². The van der Waals surface area contributed by atoms with Crippen LogP contribution in [0, 0.1) is 0 Å². The number of rotatable bonds is 4. The molecule has 2 heterocycles. The van der Waals surface area contributed by atoms with Crippen LogP contribution in [0.1, 0.15) is 24.8 Å². The van der Waals surface area contributed by atoms with Crippen molar-refractivity contribution in [3.8, 4) is 0 Å². The van der Waals surface area contributed by atoms with Gasteiger partial charge in [-0.1, -0.05) is 24.6 Å². The zero-order valence-corrected chi connectivity index (χ0v) is 12.0. The van der Waals surface area contributed by atoms with Crippen molar-refractivity contribution in [2.75, 3.05) is 12.3 Å². The van der Waals surface area contributed by atoms with Crippen molar-refractivity contribution in [3.05, 3.63) is 42.1 Å². The quantitative estimate of drug-likeness (QED) is 0.920. The molecular weight excluding hydrogens is 252 g/mol.